The molecule has 1 unspecified atom stereocenters. The van der Waals surface area contributed by atoms with Crippen LogP contribution in [0.5, 0.6) is 0 Å². The van der Waals surface area contributed by atoms with Gasteiger partial charge in [0, 0.05) is 24.7 Å². The summed E-state index contributed by atoms with van der Waals surface area (Å²) in [4.78, 5) is 2.33. The molecule has 1 aliphatic rings. The lowest BCUT2D eigenvalue weighted by atomic mass is 10.0. The second-order valence-electron chi connectivity index (χ2n) is 6.11. The molecule has 20 heavy (non-hydrogen) atoms. The average molecular weight is 282 g/mol. The largest absolute Gasteiger partial charge is 0.329 e. The van der Waals surface area contributed by atoms with Crippen LogP contribution in [0, 0.1) is 17.6 Å². The molecule has 0 aliphatic heterocycles. The van der Waals surface area contributed by atoms with Crippen molar-refractivity contribution in [2.45, 2.75) is 45.2 Å². The average Bonchev–Trinajstić information content (AvgIpc) is 3.16. The van der Waals surface area contributed by atoms with Crippen molar-refractivity contribution < 1.29 is 8.78 Å². The normalized spacial score (nSPS) is 16.9. The molecule has 1 saturated carbocycles. The number of nitrogens with zero attached hydrogens (tertiary/aromatic N) is 1. The van der Waals surface area contributed by atoms with Crippen LogP contribution in [0.3, 0.4) is 0 Å². The summed E-state index contributed by atoms with van der Waals surface area (Å²) in [5.74, 6) is -0.449. The molecule has 2 N–H and O–H groups in total. The van der Waals surface area contributed by atoms with Crippen molar-refractivity contribution in [2.75, 3.05) is 13.1 Å². The van der Waals surface area contributed by atoms with Crippen LogP contribution in [-0.2, 0) is 0 Å². The van der Waals surface area contributed by atoms with E-state index in [0.717, 1.165) is 31.9 Å². The predicted octanol–water partition coefficient (Wildman–Crippen LogP) is 3.48. The molecule has 1 fully saturated rings. The third-order valence-electron chi connectivity index (χ3n) is 3.87. The van der Waals surface area contributed by atoms with Gasteiger partial charge in [0.15, 0.2) is 0 Å². The van der Waals surface area contributed by atoms with E-state index in [0.29, 0.717) is 24.1 Å². The Labute approximate surface area is 120 Å². The summed E-state index contributed by atoms with van der Waals surface area (Å²) in [6.45, 7) is 5.69. The standard InChI is InChI=1S/C16H24F2N2/c1-11(2)5-6-20(15-3-4-15)16(10-19)12-7-13(17)9-14(18)8-12/h7-9,11,15-16H,3-6,10,19H2,1-2H3. The van der Waals surface area contributed by atoms with Gasteiger partial charge in [0.25, 0.3) is 0 Å². The third kappa shape index (κ3) is 4.00. The van der Waals surface area contributed by atoms with E-state index in [1.165, 1.54) is 12.1 Å². The molecule has 0 radical (unpaired) electrons. The van der Waals surface area contributed by atoms with Crippen LogP contribution in [0.2, 0.25) is 0 Å². The van der Waals surface area contributed by atoms with Crippen molar-refractivity contribution in [2.24, 2.45) is 11.7 Å². The molecular formula is C16H24F2N2. The molecular weight excluding hydrogens is 258 g/mol. The fourth-order valence-electron chi connectivity index (χ4n) is 2.64. The summed E-state index contributed by atoms with van der Waals surface area (Å²) < 4.78 is 26.8. The number of hydrogen-bond donors (Lipinski definition) is 1. The number of nitrogens with two attached hydrogens (primary N) is 1. The fourth-order valence-corrected chi connectivity index (χ4v) is 2.64. The van der Waals surface area contributed by atoms with E-state index in [2.05, 4.69) is 18.7 Å². The maximum absolute atomic E-state index is 13.4. The minimum absolute atomic E-state index is 0.0913. The van der Waals surface area contributed by atoms with Gasteiger partial charge in [0.1, 0.15) is 11.6 Å². The summed E-state index contributed by atoms with van der Waals surface area (Å²) >= 11 is 0. The van der Waals surface area contributed by atoms with Gasteiger partial charge in [-0.2, -0.15) is 0 Å². The van der Waals surface area contributed by atoms with Crippen molar-refractivity contribution in [3.8, 4) is 0 Å². The van der Waals surface area contributed by atoms with Crippen LogP contribution >= 0.6 is 0 Å². The maximum atomic E-state index is 13.4. The highest BCUT2D eigenvalue weighted by molar-refractivity contribution is 5.22. The lowest BCUT2D eigenvalue weighted by Gasteiger charge is -2.32. The lowest BCUT2D eigenvalue weighted by Crippen LogP contribution is -2.36. The van der Waals surface area contributed by atoms with E-state index >= 15 is 0 Å². The van der Waals surface area contributed by atoms with E-state index in [1.807, 2.05) is 0 Å². The van der Waals surface area contributed by atoms with Gasteiger partial charge in [-0.15, -0.1) is 0 Å². The van der Waals surface area contributed by atoms with Gasteiger partial charge in [-0.05, 0) is 49.4 Å². The van der Waals surface area contributed by atoms with Gasteiger partial charge in [0.2, 0.25) is 0 Å². The second-order valence-corrected chi connectivity index (χ2v) is 6.11. The number of hydrogen-bond acceptors (Lipinski definition) is 2. The van der Waals surface area contributed by atoms with E-state index in [9.17, 15) is 8.78 Å². The molecule has 2 rings (SSSR count). The van der Waals surface area contributed by atoms with Crippen molar-refractivity contribution in [3.05, 3.63) is 35.4 Å². The van der Waals surface area contributed by atoms with E-state index < -0.39 is 11.6 Å². The van der Waals surface area contributed by atoms with E-state index in [-0.39, 0.29) is 6.04 Å². The highest BCUT2D eigenvalue weighted by atomic mass is 19.1. The summed E-state index contributed by atoms with van der Waals surface area (Å²) in [5.41, 5.74) is 6.54. The summed E-state index contributed by atoms with van der Waals surface area (Å²) in [7, 11) is 0. The zero-order valence-electron chi connectivity index (χ0n) is 12.3. The van der Waals surface area contributed by atoms with Crippen LogP contribution in [0.1, 0.15) is 44.7 Å². The molecule has 0 saturated heterocycles. The van der Waals surface area contributed by atoms with E-state index in [4.69, 9.17) is 5.73 Å². The minimum atomic E-state index is -0.530. The number of benzene rings is 1. The van der Waals surface area contributed by atoms with Gasteiger partial charge in [-0.25, -0.2) is 8.78 Å². The molecule has 1 aromatic carbocycles. The zero-order valence-corrected chi connectivity index (χ0v) is 12.3. The first-order chi connectivity index (χ1) is 9.51. The molecule has 0 spiro atoms. The molecule has 0 aromatic heterocycles. The topological polar surface area (TPSA) is 29.3 Å². The molecule has 0 bridgehead atoms. The SMILES string of the molecule is CC(C)CCN(C1CC1)C(CN)c1cc(F)cc(F)c1. The highest BCUT2D eigenvalue weighted by Crippen LogP contribution is 2.34. The third-order valence-corrected chi connectivity index (χ3v) is 3.87. The van der Waals surface area contributed by atoms with Crippen molar-refractivity contribution in [1.29, 1.82) is 0 Å². The van der Waals surface area contributed by atoms with Gasteiger partial charge in [0.05, 0.1) is 0 Å². The monoisotopic (exact) mass is 282 g/mol. The summed E-state index contributed by atoms with van der Waals surface area (Å²) in [6, 6.07) is 4.16. The number of halogens is 2. The Morgan fingerprint density at radius 2 is 1.80 bits per heavy atom. The van der Waals surface area contributed by atoms with Gasteiger partial charge < -0.3 is 5.73 Å². The van der Waals surface area contributed by atoms with Gasteiger partial charge in [-0.1, -0.05) is 13.8 Å². The molecule has 1 aromatic rings. The minimum Gasteiger partial charge on any atom is -0.329 e. The smallest absolute Gasteiger partial charge is 0.126 e. The highest BCUT2D eigenvalue weighted by Gasteiger charge is 2.34. The fraction of sp³-hybridized carbons (Fsp3) is 0.625. The lowest BCUT2D eigenvalue weighted by molar-refractivity contribution is 0.180. The Morgan fingerprint density at radius 1 is 1.20 bits per heavy atom. The predicted molar refractivity (Wildman–Crippen MR) is 77.3 cm³/mol. The van der Waals surface area contributed by atoms with Crippen molar-refractivity contribution >= 4 is 0 Å². The van der Waals surface area contributed by atoms with Crippen LogP contribution in [0.15, 0.2) is 18.2 Å². The molecule has 2 nitrogen and oxygen atoms in total. The molecule has 0 amide bonds. The van der Waals surface area contributed by atoms with Crippen molar-refractivity contribution in [3.63, 3.8) is 0 Å². The summed E-state index contributed by atoms with van der Waals surface area (Å²) in [5, 5.41) is 0. The Hall–Kier alpha value is -1.00. The Bertz CT molecular complexity index is 424. The van der Waals surface area contributed by atoms with Crippen molar-refractivity contribution in [1.82, 2.24) is 4.90 Å². The first-order valence-electron chi connectivity index (χ1n) is 7.43. The zero-order chi connectivity index (χ0) is 14.7. The van der Waals surface area contributed by atoms with E-state index in [1.54, 1.807) is 0 Å². The Balaban J connectivity index is 2.18. The maximum Gasteiger partial charge on any atom is 0.126 e. The summed E-state index contributed by atoms with van der Waals surface area (Å²) in [6.07, 6.45) is 3.39. The molecule has 112 valence electrons. The van der Waals surface area contributed by atoms with Gasteiger partial charge >= 0.3 is 0 Å². The van der Waals surface area contributed by atoms with Crippen LogP contribution < -0.4 is 5.73 Å². The molecule has 4 heteroatoms. The molecule has 1 atom stereocenters. The first kappa shape index (κ1) is 15.4. The molecule has 1 aliphatic carbocycles. The van der Waals surface area contributed by atoms with Crippen LogP contribution in [-0.4, -0.2) is 24.0 Å². The van der Waals surface area contributed by atoms with Gasteiger partial charge in [-0.3, -0.25) is 4.90 Å². The molecule has 0 heterocycles. The quantitative estimate of drug-likeness (QED) is 0.829. The Morgan fingerprint density at radius 3 is 2.25 bits per heavy atom. The Kier molecular flexibility index (Phi) is 5.11. The first-order valence-corrected chi connectivity index (χ1v) is 7.43. The number of rotatable bonds is 7. The second kappa shape index (κ2) is 6.64. The van der Waals surface area contributed by atoms with Crippen LogP contribution in [0.25, 0.3) is 0 Å². The van der Waals surface area contributed by atoms with Crippen LogP contribution in [0.4, 0.5) is 8.78 Å².